The molecule has 0 aromatic rings. The molecule has 0 N–H and O–H groups in total. The fraction of sp³-hybridized carbons (Fsp3) is 1.00. The van der Waals surface area contributed by atoms with Gasteiger partial charge in [0.2, 0.25) is 0 Å². The molecule has 0 aliphatic rings. The second-order valence-corrected chi connectivity index (χ2v) is 9.92. The Morgan fingerprint density at radius 1 is 0.609 bits per heavy atom. The van der Waals surface area contributed by atoms with Crippen molar-refractivity contribution in [1.29, 1.82) is 0 Å². The van der Waals surface area contributed by atoms with Gasteiger partial charge in [-0.05, 0) is 23.7 Å². The second kappa shape index (κ2) is 9.13. The van der Waals surface area contributed by atoms with Crippen LogP contribution in [0.15, 0.2) is 0 Å². The summed E-state index contributed by atoms with van der Waals surface area (Å²) < 4.78 is 18.3. The van der Waals surface area contributed by atoms with Crippen molar-refractivity contribution in [3.05, 3.63) is 0 Å². The van der Waals surface area contributed by atoms with E-state index in [0.29, 0.717) is 44.6 Å². The van der Waals surface area contributed by atoms with Crippen LogP contribution < -0.4 is 0 Å². The maximum Gasteiger partial charge on any atom is 0.155 e. The highest BCUT2D eigenvalue weighted by molar-refractivity contribution is 5.98. The van der Waals surface area contributed by atoms with Gasteiger partial charge < -0.3 is 13.6 Å². The molecule has 0 saturated heterocycles. The van der Waals surface area contributed by atoms with Gasteiger partial charge in [-0.25, -0.2) is 0 Å². The molecule has 0 bridgehead atoms. The first-order valence-electron chi connectivity index (χ1n) is 9.04. The first kappa shape index (κ1) is 23.3. The Kier molecular flexibility index (Phi) is 9.26. The van der Waals surface area contributed by atoms with E-state index in [1.165, 1.54) is 0 Å². The summed E-state index contributed by atoms with van der Waals surface area (Å²) in [6, 6.07) is 0. The maximum absolute atomic E-state index is 6.45. The van der Waals surface area contributed by atoms with E-state index in [0.717, 1.165) is 0 Å². The van der Waals surface area contributed by atoms with Crippen LogP contribution >= 0.6 is 0 Å². The van der Waals surface area contributed by atoms with E-state index in [4.69, 9.17) is 13.6 Å². The molecule has 0 heterocycles. The van der Waals surface area contributed by atoms with Crippen molar-refractivity contribution in [1.82, 2.24) is 0 Å². The molecule has 0 amide bonds. The normalized spacial score (nSPS) is 19.3. The molecular weight excluding hydrogens is 320 g/mol. The quantitative estimate of drug-likeness (QED) is 0.442. The molecule has 0 aliphatic carbocycles. The molecule has 0 rings (SSSR count). The van der Waals surface area contributed by atoms with Gasteiger partial charge in [0.1, 0.15) is 21.0 Å². The minimum absolute atomic E-state index is 0.0502. The molecule has 5 heteroatoms. The predicted molar refractivity (Wildman–Crippen MR) is 106 cm³/mol. The summed E-state index contributed by atoms with van der Waals surface area (Å²) >= 11 is 0. The van der Waals surface area contributed by atoms with Crippen LogP contribution in [0.1, 0.15) is 69.2 Å². The van der Waals surface area contributed by atoms with Gasteiger partial charge >= 0.3 is 0 Å². The third-order valence-electron chi connectivity index (χ3n) is 6.24. The smallest absolute Gasteiger partial charge is 0.155 e. The van der Waals surface area contributed by atoms with Crippen LogP contribution in [0.5, 0.6) is 0 Å². The van der Waals surface area contributed by atoms with Crippen LogP contribution in [0.3, 0.4) is 0 Å². The van der Waals surface area contributed by atoms with Crippen molar-refractivity contribution in [2.45, 2.75) is 81.8 Å². The largest absolute Gasteiger partial charge is 0.403 e. The van der Waals surface area contributed by atoms with Gasteiger partial charge in [-0.1, -0.05) is 69.2 Å². The summed E-state index contributed by atoms with van der Waals surface area (Å²) in [5.41, 5.74) is -0.100. The van der Waals surface area contributed by atoms with Crippen molar-refractivity contribution in [3.63, 3.8) is 0 Å². The van der Waals surface area contributed by atoms with Crippen LogP contribution in [0.2, 0.25) is 0 Å². The summed E-state index contributed by atoms with van der Waals surface area (Å²) in [5.74, 6) is 2.18. The van der Waals surface area contributed by atoms with Crippen molar-refractivity contribution >= 4 is 21.0 Å². The number of ether oxygens (including phenoxy) is 1. The molecule has 0 saturated carbocycles. The maximum atomic E-state index is 6.45. The van der Waals surface area contributed by atoms with Gasteiger partial charge in [-0.15, -0.1) is 0 Å². The summed E-state index contributed by atoms with van der Waals surface area (Å²) in [6.45, 7) is 22.7. The first-order valence-corrected chi connectivity index (χ1v) is 10.7. The fourth-order valence-corrected chi connectivity index (χ4v) is 4.77. The Hall–Kier alpha value is 0.314. The number of hydrogen-bond acceptors (Lipinski definition) is 3. The molecule has 4 unspecified atom stereocenters. The van der Waals surface area contributed by atoms with Gasteiger partial charge in [-0.2, -0.15) is 0 Å². The topological polar surface area (TPSA) is 27.7 Å². The van der Waals surface area contributed by atoms with Gasteiger partial charge in [0, 0.05) is 10.8 Å². The highest BCUT2D eigenvalue weighted by Crippen LogP contribution is 2.42. The van der Waals surface area contributed by atoms with Crippen LogP contribution in [0.25, 0.3) is 0 Å². The average molecular weight is 363 g/mol. The lowest BCUT2D eigenvalue weighted by Crippen LogP contribution is -2.48. The van der Waals surface area contributed by atoms with Crippen LogP contribution in [0, 0.1) is 34.5 Å². The Morgan fingerprint density at radius 3 is 1.04 bits per heavy atom. The van der Waals surface area contributed by atoms with Gasteiger partial charge in [0.25, 0.3) is 0 Å². The molecule has 0 aromatic carbocycles. The minimum Gasteiger partial charge on any atom is -0.403 e. The Balaban J connectivity index is 5.35. The molecule has 0 aliphatic heterocycles. The molecule has 0 spiro atoms. The zero-order valence-electron chi connectivity index (χ0n) is 17.7. The molecule has 0 fully saturated rings. The average Bonchev–Trinajstić information content (AvgIpc) is 2.45. The van der Waals surface area contributed by atoms with Crippen molar-refractivity contribution in [3.8, 4) is 0 Å². The summed E-state index contributed by atoms with van der Waals surface area (Å²) in [6.07, 6.45) is -0.437. The Morgan fingerprint density at radius 2 is 0.870 bits per heavy atom. The zero-order valence-corrected chi connectivity index (χ0v) is 21.7. The Bertz CT molecular complexity index is 311. The van der Waals surface area contributed by atoms with Crippen LogP contribution in [0.4, 0.5) is 0 Å². The summed E-state index contributed by atoms with van der Waals surface area (Å²) in [4.78, 5) is 0. The van der Waals surface area contributed by atoms with E-state index in [9.17, 15) is 0 Å². The Labute approximate surface area is 151 Å². The van der Waals surface area contributed by atoms with E-state index < -0.39 is 0 Å². The highest BCUT2D eigenvalue weighted by Gasteiger charge is 2.43. The third-order valence-corrected chi connectivity index (χ3v) is 7.09. The molecule has 0 radical (unpaired) electrons. The molecular formula is C18H42O3Si2. The highest BCUT2D eigenvalue weighted by atomic mass is 28.2. The monoisotopic (exact) mass is 362 g/mol. The van der Waals surface area contributed by atoms with Gasteiger partial charge in [-0.3, -0.25) is 0 Å². The van der Waals surface area contributed by atoms with E-state index in [-0.39, 0.29) is 23.4 Å². The van der Waals surface area contributed by atoms with E-state index in [2.05, 4.69) is 69.2 Å². The molecule has 3 nitrogen and oxygen atoms in total. The molecule has 23 heavy (non-hydrogen) atoms. The number of rotatable bonds is 10. The standard InChI is InChI=1S/C18H42O3Si2/c1-11(2)13(5)17(7,8)15(20-22)19-16(21-23)18(9,10)14(6)12(3)4/h11-16H,1-10,22-23H3. The van der Waals surface area contributed by atoms with Gasteiger partial charge in [0.15, 0.2) is 12.6 Å². The minimum atomic E-state index is -0.218. The van der Waals surface area contributed by atoms with Crippen LogP contribution in [-0.2, 0) is 13.6 Å². The first-order chi connectivity index (χ1) is 10.3. The number of hydrogen-bond donors (Lipinski definition) is 0. The van der Waals surface area contributed by atoms with Crippen molar-refractivity contribution in [2.24, 2.45) is 34.5 Å². The summed E-state index contributed by atoms with van der Waals surface area (Å²) in [5, 5.41) is 0. The SMILES string of the molecule is CC(C)C(C)C(C)(C)C(O[SiH3])OC(O[SiH3])C(C)(C)C(C)C(C)C. The molecule has 4 atom stereocenters. The lowest BCUT2D eigenvalue weighted by molar-refractivity contribution is -0.272. The lowest BCUT2D eigenvalue weighted by atomic mass is 9.72. The molecule has 140 valence electrons. The van der Waals surface area contributed by atoms with E-state index >= 15 is 0 Å². The zero-order chi connectivity index (χ0) is 18.6. The van der Waals surface area contributed by atoms with Crippen molar-refractivity contribution < 1.29 is 13.6 Å². The molecule has 0 aromatic heterocycles. The van der Waals surface area contributed by atoms with Gasteiger partial charge in [0.05, 0.1) is 0 Å². The fourth-order valence-electron chi connectivity index (χ4n) is 3.33. The van der Waals surface area contributed by atoms with Crippen LogP contribution in [-0.4, -0.2) is 33.6 Å². The van der Waals surface area contributed by atoms with Crippen molar-refractivity contribution in [2.75, 3.05) is 0 Å². The lowest BCUT2D eigenvalue weighted by Gasteiger charge is -2.46. The second-order valence-electron chi connectivity index (χ2n) is 8.98. The summed E-state index contributed by atoms with van der Waals surface area (Å²) in [7, 11) is 1.33. The van der Waals surface area contributed by atoms with E-state index in [1.54, 1.807) is 0 Å². The van der Waals surface area contributed by atoms with E-state index in [1.807, 2.05) is 0 Å². The predicted octanol–water partition coefficient (Wildman–Crippen LogP) is 2.89. The third kappa shape index (κ3) is 5.67.